The Morgan fingerprint density at radius 1 is 0.923 bits per heavy atom. The number of amides is 3. The maximum Gasteiger partial charge on any atom is 0.269 e. The van der Waals surface area contributed by atoms with Gasteiger partial charge in [0.15, 0.2) is 0 Å². The summed E-state index contributed by atoms with van der Waals surface area (Å²) in [5.41, 5.74) is 2.59. The van der Waals surface area contributed by atoms with Crippen molar-refractivity contribution in [3.63, 3.8) is 0 Å². The van der Waals surface area contributed by atoms with Crippen molar-refractivity contribution in [3.8, 4) is 0 Å². The SMILES string of the molecule is Cc1nnsc1C(=O)Nc1cc(C(=O)N2CCCNCC2)ccc1N1CCCN(C(=O)C2CCCCC2)CC1. The first-order chi connectivity index (χ1) is 19.0. The van der Waals surface area contributed by atoms with Crippen molar-refractivity contribution in [2.75, 3.05) is 62.6 Å². The van der Waals surface area contributed by atoms with Gasteiger partial charge < -0.3 is 25.3 Å². The molecule has 1 saturated carbocycles. The molecule has 5 rings (SSSR count). The van der Waals surface area contributed by atoms with Crippen LogP contribution in [0.4, 0.5) is 11.4 Å². The molecule has 2 saturated heterocycles. The molecule has 0 atom stereocenters. The van der Waals surface area contributed by atoms with Crippen LogP contribution in [0.1, 0.15) is 70.7 Å². The van der Waals surface area contributed by atoms with E-state index in [0.717, 1.165) is 81.9 Å². The first-order valence-corrected chi connectivity index (χ1v) is 15.1. The molecular weight excluding hydrogens is 514 g/mol. The molecule has 11 heteroatoms. The molecule has 1 aromatic heterocycles. The van der Waals surface area contributed by atoms with Crippen LogP contribution in [0, 0.1) is 12.8 Å². The van der Waals surface area contributed by atoms with Crippen molar-refractivity contribution in [2.24, 2.45) is 5.92 Å². The molecule has 0 unspecified atom stereocenters. The highest BCUT2D eigenvalue weighted by molar-refractivity contribution is 7.08. The fourth-order valence-electron chi connectivity index (χ4n) is 5.88. The molecule has 3 aliphatic rings. The van der Waals surface area contributed by atoms with Gasteiger partial charge >= 0.3 is 0 Å². The summed E-state index contributed by atoms with van der Waals surface area (Å²) in [6, 6.07) is 5.60. The van der Waals surface area contributed by atoms with Gasteiger partial charge in [0.25, 0.3) is 11.8 Å². The zero-order valence-electron chi connectivity index (χ0n) is 22.8. The summed E-state index contributed by atoms with van der Waals surface area (Å²) < 4.78 is 3.90. The Balaban J connectivity index is 1.37. The third-order valence-electron chi connectivity index (χ3n) is 8.08. The van der Waals surface area contributed by atoms with E-state index in [2.05, 4.69) is 25.1 Å². The maximum atomic E-state index is 13.4. The van der Waals surface area contributed by atoms with Crippen LogP contribution in [-0.2, 0) is 4.79 Å². The number of nitrogens with zero attached hydrogens (tertiary/aromatic N) is 5. The van der Waals surface area contributed by atoms with Crippen LogP contribution in [-0.4, -0.2) is 89.5 Å². The number of carbonyl (C=O) groups is 3. The van der Waals surface area contributed by atoms with E-state index < -0.39 is 0 Å². The molecule has 3 amide bonds. The summed E-state index contributed by atoms with van der Waals surface area (Å²) in [6.07, 6.45) is 7.30. The highest BCUT2D eigenvalue weighted by Crippen LogP contribution is 2.31. The van der Waals surface area contributed by atoms with Crippen LogP contribution < -0.4 is 15.5 Å². The van der Waals surface area contributed by atoms with Crippen LogP contribution in [0.3, 0.4) is 0 Å². The summed E-state index contributed by atoms with van der Waals surface area (Å²) >= 11 is 1.06. The first-order valence-electron chi connectivity index (χ1n) is 14.3. The first kappa shape index (κ1) is 27.5. The largest absolute Gasteiger partial charge is 0.368 e. The second-order valence-corrected chi connectivity index (χ2v) is 11.5. The Kier molecular flexibility index (Phi) is 9.08. The van der Waals surface area contributed by atoms with Gasteiger partial charge in [0.2, 0.25) is 5.91 Å². The van der Waals surface area contributed by atoms with Gasteiger partial charge in [-0.25, -0.2) is 0 Å². The van der Waals surface area contributed by atoms with E-state index in [1.165, 1.54) is 6.42 Å². The quantitative estimate of drug-likeness (QED) is 0.585. The normalized spacial score (nSPS) is 19.4. The smallest absolute Gasteiger partial charge is 0.269 e. The lowest BCUT2D eigenvalue weighted by atomic mass is 9.88. The zero-order valence-corrected chi connectivity index (χ0v) is 23.6. The fourth-order valence-corrected chi connectivity index (χ4v) is 6.43. The van der Waals surface area contributed by atoms with Gasteiger partial charge in [-0.2, -0.15) is 0 Å². The molecule has 1 aromatic carbocycles. The molecule has 1 aliphatic carbocycles. The lowest BCUT2D eigenvalue weighted by Crippen LogP contribution is -2.39. The summed E-state index contributed by atoms with van der Waals surface area (Å²) in [5.74, 6) is 0.148. The third-order valence-corrected chi connectivity index (χ3v) is 8.91. The Morgan fingerprint density at radius 2 is 1.74 bits per heavy atom. The molecule has 210 valence electrons. The van der Waals surface area contributed by atoms with Crippen LogP contribution >= 0.6 is 11.5 Å². The van der Waals surface area contributed by atoms with Gasteiger partial charge in [-0.15, -0.1) is 5.10 Å². The van der Waals surface area contributed by atoms with Crippen molar-refractivity contribution in [3.05, 3.63) is 34.3 Å². The molecule has 0 radical (unpaired) electrons. The van der Waals surface area contributed by atoms with Crippen molar-refractivity contribution < 1.29 is 14.4 Å². The second kappa shape index (κ2) is 12.9. The Bertz CT molecular complexity index is 1170. The van der Waals surface area contributed by atoms with Gasteiger partial charge in [-0.1, -0.05) is 23.8 Å². The fraction of sp³-hybridized carbons (Fsp3) is 0.607. The predicted octanol–water partition coefficient (Wildman–Crippen LogP) is 3.15. The Hall–Kier alpha value is -3.05. The van der Waals surface area contributed by atoms with E-state index in [4.69, 9.17) is 0 Å². The molecule has 10 nitrogen and oxygen atoms in total. The van der Waals surface area contributed by atoms with Crippen LogP contribution in [0.25, 0.3) is 0 Å². The average Bonchev–Trinajstić information content (AvgIpc) is 3.14. The summed E-state index contributed by atoms with van der Waals surface area (Å²) in [5, 5.41) is 10.4. The van der Waals surface area contributed by atoms with Gasteiger partial charge in [0.05, 0.1) is 17.1 Å². The van der Waals surface area contributed by atoms with Crippen molar-refractivity contribution in [1.82, 2.24) is 24.7 Å². The van der Waals surface area contributed by atoms with Crippen molar-refractivity contribution >= 4 is 40.6 Å². The number of benzene rings is 1. The molecule has 2 aromatic rings. The molecule has 3 heterocycles. The van der Waals surface area contributed by atoms with E-state index in [1.807, 2.05) is 21.9 Å². The Labute approximate surface area is 234 Å². The van der Waals surface area contributed by atoms with Crippen LogP contribution in [0.5, 0.6) is 0 Å². The highest BCUT2D eigenvalue weighted by Gasteiger charge is 2.28. The average molecular weight is 554 g/mol. The number of aryl methyl sites for hydroxylation is 1. The van der Waals surface area contributed by atoms with E-state index in [0.29, 0.717) is 53.9 Å². The van der Waals surface area contributed by atoms with E-state index in [1.54, 1.807) is 13.0 Å². The monoisotopic (exact) mass is 553 g/mol. The molecule has 0 spiro atoms. The minimum Gasteiger partial charge on any atom is -0.368 e. The van der Waals surface area contributed by atoms with Gasteiger partial charge in [-0.3, -0.25) is 14.4 Å². The lowest BCUT2D eigenvalue weighted by Gasteiger charge is -2.29. The summed E-state index contributed by atoms with van der Waals surface area (Å²) in [6.45, 7) is 7.65. The summed E-state index contributed by atoms with van der Waals surface area (Å²) in [7, 11) is 0. The summed E-state index contributed by atoms with van der Waals surface area (Å²) in [4.78, 5) is 46.4. The van der Waals surface area contributed by atoms with Gasteiger partial charge in [-0.05, 0) is 68.9 Å². The molecule has 2 aliphatic heterocycles. The molecule has 39 heavy (non-hydrogen) atoms. The maximum absolute atomic E-state index is 13.4. The molecule has 0 bridgehead atoms. The highest BCUT2D eigenvalue weighted by atomic mass is 32.1. The standard InChI is InChI=1S/C28H39N7O3S/c1-20-25(39-32-31-20)26(36)30-23-19-22(28(38)34-13-5-11-29-12-16-34)9-10-24(23)33-14-6-15-35(18-17-33)27(37)21-7-3-2-4-8-21/h9-10,19,21,29H,2-8,11-18H2,1H3,(H,30,36). The predicted molar refractivity (Wildman–Crippen MR) is 152 cm³/mol. The van der Waals surface area contributed by atoms with E-state index >= 15 is 0 Å². The molecule has 3 fully saturated rings. The lowest BCUT2D eigenvalue weighted by molar-refractivity contribution is -0.136. The number of nitrogens with one attached hydrogen (secondary N) is 2. The van der Waals surface area contributed by atoms with Crippen molar-refractivity contribution in [2.45, 2.75) is 51.9 Å². The van der Waals surface area contributed by atoms with Crippen LogP contribution in [0.2, 0.25) is 0 Å². The molecular formula is C28H39N7O3S. The van der Waals surface area contributed by atoms with Gasteiger partial charge in [0.1, 0.15) is 4.88 Å². The minimum atomic E-state index is -0.281. The van der Waals surface area contributed by atoms with E-state index in [9.17, 15) is 14.4 Å². The second-order valence-electron chi connectivity index (χ2n) is 10.8. The number of rotatable bonds is 5. The Morgan fingerprint density at radius 3 is 2.54 bits per heavy atom. The third kappa shape index (κ3) is 6.58. The minimum absolute atomic E-state index is 0.0310. The number of aromatic nitrogens is 2. The molecule has 2 N–H and O–H groups in total. The van der Waals surface area contributed by atoms with Crippen molar-refractivity contribution in [1.29, 1.82) is 0 Å². The van der Waals surface area contributed by atoms with Gasteiger partial charge in [0, 0.05) is 57.3 Å². The van der Waals surface area contributed by atoms with Crippen LogP contribution in [0.15, 0.2) is 18.2 Å². The number of hydrogen-bond acceptors (Lipinski definition) is 8. The number of carbonyl (C=O) groups excluding carboxylic acids is 3. The number of hydrogen-bond donors (Lipinski definition) is 2. The number of anilines is 2. The zero-order chi connectivity index (χ0) is 27.2. The topological polar surface area (TPSA) is 111 Å². The van der Waals surface area contributed by atoms with E-state index in [-0.39, 0.29) is 17.7 Å².